The number of fused-ring (bicyclic) bond motifs is 1. The van der Waals surface area contributed by atoms with E-state index in [2.05, 4.69) is 22.0 Å². The van der Waals surface area contributed by atoms with Crippen LogP contribution in [0.25, 0.3) is 10.2 Å². The number of likely N-dealkylation sites (N-methyl/N-ethyl adjacent to an activating group) is 1. The monoisotopic (exact) mass is 441 g/mol. The molecule has 164 valence electrons. The predicted octanol–water partition coefficient (Wildman–Crippen LogP) is 2.94. The van der Waals surface area contributed by atoms with Crippen LogP contribution in [0.1, 0.15) is 26.9 Å². The van der Waals surface area contributed by atoms with Gasteiger partial charge < -0.3 is 19.5 Å². The molecule has 1 aliphatic heterocycles. The van der Waals surface area contributed by atoms with Crippen molar-refractivity contribution in [3.8, 4) is 5.75 Å². The van der Waals surface area contributed by atoms with Crippen LogP contribution in [0.4, 0.5) is 0 Å². The average molecular weight is 442 g/mol. The van der Waals surface area contributed by atoms with E-state index in [0.717, 1.165) is 34.6 Å². The SMILES string of the molecule is COc1ccc(CN2CCOC(c3c(C(=O)N(C)CCO)sc4ncccc34)C2)cc1. The van der Waals surface area contributed by atoms with Gasteiger partial charge in [0.1, 0.15) is 15.5 Å². The molecule has 1 aliphatic rings. The lowest BCUT2D eigenvalue weighted by Crippen LogP contribution is -2.38. The molecule has 3 aromatic rings. The van der Waals surface area contributed by atoms with Gasteiger partial charge in [-0.15, -0.1) is 11.3 Å². The Morgan fingerprint density at radius 3 is 2.90 bits per heavy atom. The maximum Gasteiger partial charge on any atom is 0.264 e. The summed E-state index contributed by atoms with van der Waals surface area (Å²) in [4.78, 5) is 22.9. The third kappa shape index (κ3) is 4.72. The van der Waals surface area contributed by atoms with E-state index in [-0.39, 0.29) is 25.2 Å². The number of thiophene rings is 1. The Kier molecular flexibility index (Phi) is 6.82. The van der Waals surface area contributed by atoms with E-state index >= 15 is 0 Å². The summed E-state index contributed by atoms with van der Waals surface area (Å²) in [5.74, 6) is 0.735. The van der Waals surface area contributed by atoms with Crippen molar-refractivity contribution in [1.82, 2.24) is 14.8 Å². The van der Waals surface area contributed by atoms with Gasteiger partial charge in [0.05, 0.1) is 26.4 Å². The van der Waals surface area contributed by atoms with E-state index in [1.54, 1.807) is 25.3 Å². The highest BCUT2D eigenvalue weighted by Crippen LogP contribution is 2.38. The van der Waals surface area contributed by atoms with Crippen LogP contribution in [0.3, 0.4) is 0 Å². The smallest absolute Gasteiger partial charge is 0.264 e. The normalized spacial score (nSPS) is 17.1. The summed E-state index contributed by atoms with van der Waals surface area (Å²) in [5.41, 5.74) is 2.11. The molecule has 2 aromatic heterocycles. The number of ether oxygens (including phenoxy) is 2. The molecule has 8 heteroatoms. The second-order valence-corrected chi connectivity index (χ2v) is 8.59. The first kappa shape index (κ1) is 21.7. The number of carbonyl (C=O) groups is 1. The van der Waals surface area contributed by atoms with Gasteiger partial charge >= 0.3 is 0 Å². The van der Waals surface area contributed by atoms with Gasteiger partial charge in [0.25, 0.3) is 5.91 Å². The van der Waals surface area contributed by atoms with Crippen molar-refractivity contribution >= 4 is 27.5 Å². The molecule has 0 bridgehead atoms. The quantitative estimate of drug-likeness (QED) is 0.608. The molecule has 1 unspecified atom stereocenters. The summed E-state index contributed by atoms with van der Waals surface area (Å²) < 4.78 is 11.4. The molecule has 0 aliphatic carbocycles. The van der Waals surface area contributed by atoms with Crippen molar-refractivity contribution in [2.45, 2.75) is 12.6 Å². The number of benzene rings is 1. The summed E-state index contributed by atoms with van der Waals surface area (Å²) in [5, 5.41) is 10.2. The van der Waals surface area contributed by atoms with E-state index in [0.29, 0.717) is 18.0 Å². The molecule has 1 atom stereocenters. The molecule has 1 fully saturated rings. The largest absolute Gasteiger partial charge is 0.497 e. The van der Waals surface area contributed by atoms with Crippen molar-refractivity contribution in [3.63, 3.8) is 0 Å². The molecule has 3 heterocycles. The zero-order valence-electron chi connectivity index (χ0n) is 17.8. The average Bonchev–Trinajstić information content (AvgIpc) is 3.19. The highest BCUT2D eigenvalue weighted by molar-refractivity contribution is 7.20. The minimum absolute atomic E-state index is 0.0731. The Bertz CT molecular complexity index is 1040. The molecule has 1 amide bonds. The number of nitrogens with zero attached hydrogens (tertiary/aromatic N) is 3. The Labute approximate surface area is 185 Å². The fraction of sp³-hybridized carbons (Fsp3) is 0.391. The summed E-state index contributed by atoms with van der Waals surface area (Å²) in [6.07, 6.45) is 1.53. The van der Waals surface area contributed by atoms with Crippen LogP contribution in [-0.2, 0) is 11.3 Å². The van der Waals surface area contributed by atoms with E-state index in [4.69, 9.17) is 9.47 Å². The number of morpholine rings is 1. The fourth-order valence-corrected chi connectivity index (χ4v) is 5.05. The Morgan fingerprint density at radius 2 is 2.16 bits per heavy atom. The molecule has 0 saturated carbocycles. The third-order valence-corrected chi connectivity index (χ3v) is 6.64. The summed E-state index contributed by atoms with van der Waals surface area (Å²) in [6.45, 7) is 3.13. The highest BCUT2D eigenvalue weighted by Gasteiger charge is 2.31. The van der Waals surface area contributed by atoms with Crippen molar-refractivity contribution in [1.29, 1.82) is 0 Å². The van der Waals surface area contributed by atoms with Gasteiger partial charge in [0, 0.05) is 50.4 Å². The lowest BCUT2D eigenvalue weighted by molar-refractivity contribution is -0.0324. The van der Waals surface area contributed by atoms with Gasteiger partial charge in [-0.1, -0.05) is 18.2 Å². The topological polar surface area (TPSA) is 75.1 Å². The molecule has 1 N–H and O–H groups in total. The van der Waals surface area contributed by atoms with Crippen LogP contribution in [0.2, 0.25) is 0 Å². The molecular weight excluding hydrogens is 414 g/mol. The van der Waals surface area contributed by atoms with E-state index < -0.39 is 0 Å². The third-order valence-electron chi connectivity index (χ3n) is 5.52. The number of carbonyl (C=O) groups excluding carboxylic acids is 1. The number of hydrogen-bond donors (Lipinski definition) is 1. The van der Waals surface area contributed by atoms with Crippen molar-refractivity contribution < 1.29 is 19.4 Å². The molecule has 1 saturated heterocycles. The van der Waals surface area contributed by atoms with Crippen molar-refractivity contribution in [2.24, 2.45) is 0 Å². The van der Waals surface area contributed by atoms with E-state index in [1.165, 1.54) is 16.9 Å². The number of aliphatic hydroxyl groups is 1. The molecule has 0 radical (unpaired) electrons. The predicted molar refractivity (Wildman–Crippen MR) is 121 cm³/mol. The van der Waals surface area contributed by atoms with Crippen LogP contribution < -0.4 is 4.74 Å². The number of aromatic nitrogens is 1. The van der Waals surface area contributed by atoms with Gasteiger partial charge in [-0.25, -0.2) is 4.98 Å². The van der Waals surface area contributed by atoms with Crippen molar-refractivity contribution in [3.05, 3.63) is 58.6 Å². The van der Waals surface area contributed by atoms with Gasteiger partial charge in [-0.3, -0.25) is 9.69 Å². The number of amides is 1. The zero-order valence-corrected chi connectivity index (χ0v) is 18.6. The van der Waals surface area contributed by atoms with Crippen LogP contribution >= 0.6 is 11.3 Å². The first-order chi connectivity index (χ1) is 15.1. The zero-order chi connectivity index (χ0) is 21.8. The highest BCUT2D eigenvalue weighted by atomic mass is 32.1. The molecule has 4 rings (SSSR count). The Balaban J connectivity index is 1.60. The minimum atomic E-state index is -0.216. The first-order valence-electron chi connectivity index (χ1n) is 10.3. The van der Waals surface area contributed by atoms with Gasteiger partial charge in [0.15, 0.2) is 0 Å². The summed E-state index contributed by atoms with van der Waals surface area (Å²) >= 11 is 1.39. The van der Waals surface area contributed by atoms with Crippen LogP contribution in [0.5, 0.6) is 5.75 Å². The number of hydrogen-bond acceptors (Lipinski definition) is 7. The lowest BCUT2D eigenvalue weighted by Gasteiger charge is -2.33. The molecule has 0 spiro atoms. The molecule has 1 aromatic carbocycles. The maximum absolute atomic E-state index is 13.1. The summed E-state index contributed by atoms with van der Waals surface area (Å²) in [7, 11) is 3.37. The standard InChI is InChI=1S/C23H27N3O4S/c1-25(10-12-27)23(28)21-20(18-4-3-9-24-22(18)31-21)19-15-26(11-13-30-19)14-16-5-7-17(29-2)8-6-16/h3-9,19,27H,10-15H2,1-2H3. The van der Waals surface area contributed by atoms with Crippen LogP contribution in [0, 0.1) is 0 Å². The second kappa shape index (κ2) is 9.74. The van der Waals surface area contributed by atoms with Crippen molar-refractivity contribution in [2.75, 3.05) is 47.0 Å². The van der Waals surface area contributed by atoms with E-state index in [1.807, 2.05) is 24.3 Å². The Hall–Kier alpha value is -2.52. The number of aliphatic hydroxyl groups excluding tert-OH is 1. The van der Waals surface area contributed by atoms with Crippen LogP contribution in [0.15, 0.2) is 42.6 Å². The minimum Gasteiger partial charge on any atom is -0.497 e. The van der Waals surface area contributed by atoms with E-state index in [9.17, 15) is 9.90 Å². The fourth-order valence-electron chi connectivity index (χ4n) is 3.86. The number of rotatable bonds is 7. The Morgan fingerprint density at radius 1 is 1.35 bits per heavy atom. The van der Waals surface area contributed by atoms with Gasteiger partial charge in [-0.05, 0) is 23.8 Å². The maximum atomic E-state index is 13.1. The van der Waals surface area contributed by atoms with Crippen LogP contribution in [-0.4, -0.2) is 72.8 Å². The number of pyridine rings is 1. The molecule has 31 heavy (non-hydrogen) atoms. The first-order valence-corrected chi connectivity index (χ1v) is 11.1. The van der Waals surface area contributed by atoms with Gasteiger partial charge in [0.2, 0.25) is 0 Å². The van der Waals surface area contributed by atoms with Gasteiger partial charge in [-0.2, -0.15) is 0 Å². The molecular formula is C23H27N3O4S. The summed E-state index contributed by atoms with van der Waals surface area (Å²) in [6, 6.07) is 12.0. The second-order valence-electron chi connectivity index (χ2n) is 7.59. The number of methoxy groups -OCH3 is 1. The molecule has 7 nitrogen and oxygen atoms in total. The lowest BCUT2D eigenvalue weighted by atomic mass is 10.0.